The topological polar surface area (TPSA) is 76.1 Å². The molecular weight excluding hydrogens is 392 g/mol. The molecule has 2 N–H and O–H groups in total. The molecule has 3 aromatic rings. The fourth-order valence-corrected chi connectivity index (χ4v) is 4.06. The summed E-state index contributed by atoms with van der Waals surface area (Å²) in [5, 5.41) is 15.1. The zero-order valence-electron chi connectivity index (χ0n) is 15.6. The monoisotopic (exact) mass is 414 g/mol. The van der Waals surface area contributed by atoms with Gasteiger partial charge in [0.25, 0.3) is 0 Å². The molecule has 0 radical (unpaired) electrons. The molecule has 0 bridgehead atoms. The Bertz CT molecular complexity index is 869. The van der Waals surface area contributed by atoms with Crippen LogP contribution in [-0.2, 0) is 11.2 Å². The highest BCUT2D eigenvalue weighted by Crippen LogP contribution is 2.28. The number of rotatable bonds is 10. The molecule has 0 aliphatic heterocycles. The smallest absolute Gasteiger partial charge is 0.230 e. The molecule has 28 heavy (non-hydrogen) atoms. The van der Waals surface area contributed by atoms with Gasteiger partial charge in [0.15, 0.2) is 4.34 Å². The molecule has 146 valence electrons. The molecule has 1 heterocycles. The highest BCUT2D eigenvalue weighted by molar-refractivity contribution is 8.01. The lowest BCUT2D eigenvalue weighted by Crippen LogP contribution is -2.26. The van der Waals surface area contributed by atoms with Crippen LogP contribution >= 0.6 is 23.1 Å². The first-order chi connectivity index (χ1) is 13.7. The Morgan fingerprint density at radius 1 is 1.11 bits per heavy atom. The van der Waals surface area contributed by atoms with Gasteiger partial charge in [0.1, 0.15) is 5.75 Å². The van der Waals surface area contributed by atoms with Crippen molar-refractivity contribution >= 4 is 39.8 Å². The molecule has 0 saturated heterocycles. The summed E-state index contributed by atoms with van der Waals surface area (Å²) in [4.78, 5) is 12.0. The number of hydrogen-bond acceptors (Lipinski definition) is 7. The van der Waals surface area contributed by atoms with Gasteiger partial charge < -0.3 is 15.4 Å². The van der Waals surface area contributed by atoms with Gasteiger partial charge in [-0.3, -0.25) is 4.79 Å². The van der Waals surface area contributed by atoms with Crippen LogP contribution in [0.3, 0.4) is 0 Å². The van der Waals surface area contributed by atoms with Gasteiger partial charge in [0.2, 0.25) is 11.0 Å². The van der Waals surface area contributed by atoms with Crippen molar-refractivity contribution in [2.24, 2.45) is 0 Å². The third-order valence-electron chi connectivity index (χ3n) is 3.88. The summed E-state index contributed by atoms with van der Waals surface area (Å²) in [6, 6.07) is 17.9. The Labute approximate surface area is 172 Å². The van der Waals surface area contributed by atoms with Crippen molar-refractivity contribution in [3.63, 3.8) is 0 Å². The van der Waals surface area contributed by atoms with Gasteiger partial charge in [0, 0.05) is 12.2 Å². The summed E-state index contributed by atoms with van der Waals surface area (Å²) in [5.74, 6) is 1.15. The van der Waals surface area contributed by atoms with Gasteiger partial charge in [-0.05, 0) is 42.7 Å². The predicted octanol–water partition coefficient (Wildman–Crippen LogP) is 4.13. The van der Waals surface area contributed by atoms with Crippen molar-refractivity contribution in [1.82, 2.24) is 15.5 Å². The molecule has 0 spiro atoms. The summed E-state index contributed by atoms with van der Waals surface area (Å²) in [5.41, 5.74) is 2.20. The second kappa shape index (κ2) is 10.7. The number of methoxy groups -OCH3 is 1. The Balaban J connectivity index is 1.35. The minimum absolute atomic E-state index is 0.0120. The van der Waals surface area contributed by atoms with Gasteiger partial charge in [-0.15, -0.1) is 10.2 Å². The Morgan fingerprint density at radius 3 is 2.64 bits per heavy atom. The first kappa shape index (κ1) is 20.2. The van der Waals surface area contributed by atoms with E-state index in [0.717, 1.165) is 28.6 Å². The molecule has 0 aliphatic rings. The fraction of sp³-hybridized carbons (Fsp3) is 0.250. The zero-order chi connectivity index (χ0) is 19.6. The highest BCUT2D eigenvalue weighted by atomic mass is 32.2. The number of nitrogens with one attached hydrogen (secondary N) is 2. The van der Waals surface area contributed by atoms with E-state index >= 15 is 0 Å². The van der Waals surface area contributed by atoms with Crippen LogP contribution in [0.2, 0.25) is 0 Å². The number of carbonyl (C=O) groups is 1. The average Bonchev–Trinajstić information content (AvgIpc) is 3.18. The molecule has 6 nitrogen and oxygen atoms in total. The van der Waals surface area contributed by atoms with Crippen LogP contribution < -0.4 is 15.4 Å². The number of thioether (sulfide) groups is 1. The summed E-state index contributed by atoms with van der Waals surface area (Å²) >= 11 is 2.82. The summed E-state index contributed by atoms with van der Waals surface area (Å²) in [6.45, 7) is 0.675. The summed E-state index contributed by atoms with van der Waals surface area (Å²) in [7, 11) is 1.64. The Morgan fingerprint density at radius 2 is 1.89 bits per heavy atom. The molecule has 2 aromatic carbocycles. The van der Waals surface area contributed by atoms with Crippen molar-refractivity contribution in [3.05, 3.63) is 60.2 Å². The number of aromatic nitrogens is 2. The number of hydrogen-bond donors (Lipinski definition) is 2. The largest absolute Gasteiger partial charge is 0.497 e. The van der Waals surface area contributed by atoms with E-state index in [1.165, 1.54) is 28.7 Å². The molecule has 8 heteroatoms. The maximum atomic E-state index is 12.0. The van der Waals surface area contributed by atoms with Crippen molar-refractivity contribution in [1.29, 1.82) is 0 Å². The van der Waals surface area contributed by atoms with Gasteiger partial charge in [-0.1, -0.05) is 53.4 Å². The molecule has 3 rings (SSSR count). The highest BCUT2D eigenvalue weighted by Gasteiger charge is 2.08. The zero-order valence-corrected chi connectivity index (χ0v) is 17.2. The summed E-state index contributed by atoms with van der Waals surface area (Å²) < 4.78 is 5.90. The number of anilines is 2. The first-order valence-electron chi connectivity index (χ1n) is 8.91. The Hall–Kier alpha value is -2.58. The van der Waals surface area contributed by atoms with Crippen molar-refractivity contribution in [2.45, 2.75) is 17.2 Å². The van der Waals surface area contributed by atoms with E-state index in [0.29, 0.717) is 17.4 Å². The number of benzene rings is 2. The van der Waals surface area contributed by atoms with Gasteiger partial charge in [-0.25, -0.2) is 0 Å². The quantitative estimate of drug-likeness (QED) is 0.384. The van der Waals surface area contributed by atoms with Crippen molar-refractivity contribution < 1.29 is 9.53 Å². The lowest BCUT2D eigenvalue weighted by Gasteiger charge is -2.04. The molecule has 0 aliphatic carbocycles. The molecule has 1 amide bonds. The molecule has 0 unspecified atom stereocenters. The second-order valence-electron chi connectivity index (χ2n) is 5.95. The predicted molar refractivity (Wildman–Crippen MR) is 115 cm³/mol. The van der Waals surface area contributed by atoms with Crippen LogP contribution in [0.15, 0.2) is 58.9 Å². The fourth-order valence-electron chi connectivity index (χ4n) is 2.46. The summed E-state index contributed by atoms with van der Waals surface area (Å²) in [6.07, 6.45) is 1.89. The van der Waals surface area contributed by atoms with E-state index in [-0.39, 0.29) is 5.91 Å². The number of carbonyl (C=O) groups excluding carboxylic acids is 1. The van der Waals surface area contributed by atoms with Crippen LogP contribution in [0.4, 0.5) is 10.8 Å². The lowest BCUT2D eigenvalue weighted by molar-refractivity contribution is -0.118. The molecule has 0 fully saturated rings. The SMILES string of the molecule is COc1ccc(Nc2nnc(SCC(=O)NCCCc3ccccc3)s2)cc1. The second-order valence-corrected chi connectivity index (χ2v) is 8.15. The van der Waals surface area contributed by atoms with E-state index in [2.05, 4.69) is 33.0 Å². The molecular formula is C20H22N4O2S2. The average molecular weight is 415 g/mol. The van der Waals surface area contributed by atoms with E-state index in [9.17, 15) is 4.79 Å². The van der Waals surface area contributed by atoms with Crippen LogP contribution in [0.1, 0.15) is 12.0 Å². The van der Waals surface area contributed by atoms with Crippen molar-refractivity contribution in [3.8, 4) is 5.75 Å². The van der Waals surface area contributed by atoms with Crippen molar-refractivity contribution in [2.75, 3.05) is 24.7 Å². The standard InChI is InChI=1S/C20H22N4O2S2/c1-26-17-11-9-16(10-12-17)22-19-23-24-20(28-19)27-14-18(25)21-13-5-8-15-6-3-2-4-7-15/h2-4,6-7,9-12H,5,8,13-14H2,1H3,(H,21,25)(H,22,23). The van der Waals surface area contributed by atoms with Crippen LogP contribution in [-0.4, -0.2) is 35.5 Å². The van der Waals surface area contributed by atoms with E-state index < -0.39 is 0 Å². The minimum Gasteiger partial charge on any atom is -0.497 e. The molecule has 0 saturated carbocycles. The maximum absolute atomic E-state index is 12.0. The normalized spacial score (nSPS) is 10.5. The third-order valence-corrected chi connectivity index (χ3v) is 5.85. The molecule has 1 aromatic heterocycles. The number of ether oxygens (including phenoxy) is 1. The maximum Gasteiger partial charge on any atom is 0.230 e. The van der Waals surface area contributed by atoms with Gasteiger partial charge >= 0.3 is 0 Å². The minimum atomic E-state index is 0.0120. The number of amides is 1. The van der Waals surface area contributed by atoms with Crippen LogP contribution in [0.25, 0.3) is 0 Å². The van der Waals surface area contributed by atoms with E-state index in [1.807, 2.05) is 42.5 Å². The first-order valence-corrected chi connectivity index (χ1v) is 10.7. The van der Waals surface area contributed by atoms with Gasteiger partial charge in [-0.2, -0.15) is 0 Å². The lowest BCUT2D eigenvalue weighted by atomic mass is 10.1. The number of aryl methyl sites for hydroxylation is 1. The molecule has 0 atom stereocenters. The van der Waals surface area contributed by atoms with Crippen LogP contribution in [0, 0.1) is 0 Å². The Kier molecular flexibility index (Phi) is 7.69. The van der Waals surface area contributed by atoms with Crippen LogP contribution in [0.5, 0.6) is 5.75 Å². The third kappa shape index (κ3) is 6.54. The van der Waals surface area contributed by atoms with Gasteiger partial charge in [0.05, 0.1) is 12.9 Å². The van der Waals surface area contributed by atoms with E-state index in [1.54, 1.807) is 7.11 Å². The van der Waals surface area contributed by atoms with E-state index in [4.69, 9.17) is 4.74 Å². The number of nitrogens with zero attached hydrogens (tertiary/aromatic N) is 2.